The predicted octanol–water partition coefficient (Wildman–Crippen LogP) is 4.94. The molecule has 1 amide bonds. The highest BCUT2D eigenvalue weighted by Crippen LogP contribution is 2.31. The van der Waals surface area contributed by atoms with Gasteiger partial charge in [0.1, 0.15) is 23.4 Å². The summed E-state index contributed by atoms with van der Waals surface area (Å²) in [7, 11) is 0. The standard InChI is InChI=1S/C22H19N3O2S2/c1-14-15(2)29-21(19(14)12-23)25-22(28)24-20(26)17-9-6-10-18(11-17)27-13-16-7-4-3-5-8-16/h3-11H,13H2,1-2H3,(H2,24,25,26,28). The zero-order chi connectivity index (χ0) is 20.8. The summed E-state index contributed by atoms with van der Waals surface area (Å²) in [5.74, 6) is 0.243. The van der Waals surface area contributed by atoms with Crippen LogP contribution in [0.4, 0.5) is 5.00 Å². The fourth-order valence-electron chi connectivity index (χ4n) is 2.63. The highest BCUT2D eigenvalue weighted by Gasteiger charge is 2.15. The topological polar surface area (TPSA) is 74.2 Å². The van der Waals surface area contributed by atoms with Crippen molar-refractivity contribution in [3.8, 4) is 11.8 Å². The number of nitriles is 1. The zero-order valence-corrected chi connectivity index (χ0v) is 17.6. The van der Waals surface area contributed by atoms with E-state index < -0.39 is 0 Å². The number of carbonyl (C=O) groups excluding carboxylic acids is 1. The molecule has 0 saturated heterocycles. The number of anilines is 1. The number of amides is 1. The van der Waals surface area contributed by atoms with Crippen molar-refractivity contribution >= 4 is 39.6 Å². The molecule has 3 rings (SSSR count). The van der Waals surface area contributed by atoms with E-state index >= 15 is 0 Å². The molecule has 0 aliphatic carbocycles. The molecule has 0 aliphatic heterocycles. The maximum atomic E-state index is 12.5. The lowest BCUT2D eigenvalue weighted by molar-refractivity contribution is 0.0977. The summed E-state index contributed by atoms with van der Waals surface area (Å²) >= 11 is 6.67. The van der Waals surface area contributed by atoms with Crippen LogP contribution in [0.2, 0.25) is 0 Å². The van der Waals surface area contributed by atoms with Crippen molar-refractivity contribution in [1.82, 2.24) is 5.32 Å². The molecule has 0 atom stereocenters. The second-order valence-corrected chi connectivity index (χ2v) is 7.94. The third-order valence-electron chi connectivity index (χ3n) is 4.30. The summed E-state index contributed by atoms with van der Waals surface area (Å²) in [5.41, 5.74) is 2.93. The first-order valence-corrected chi connectivity index (χ1v) is 10.1. The SMILES string of the molecule is Cc1sc(NC(=S)NC(=O)c2cccc(OCc3ccccc3)c2)c(C#N)c1C. The molecule has 0 aliphatic rings. The first kappa shape index (κ1) is 20.5. The Morgan fingerprint density at radius 2 is 1.93 bits per heavy atom. The van der Waals surface area contributed by atoms with Crippen LogP contribution in [0.1, 0.15) is 31.9 Å². The molecular formula is C22H19N3O2S2. The molecular weight excluding hydrogens is 402 g/mol. The Balaban J connectivity index is 1.62. The molecule has 1 heterocycles. The molecule has 2 N–H and O–H groups in total. The van der Waals surface area contributed by atoms with Crippen LogP contribution in [0.15, 0.2) is 54.6 Å². The Morgan fingerprint density at radius 1 is 1.17 bits per heavy atom. The van der Waals surface area contributed by atoms with Gasteiger partial charge in [-0.1, -0.05) is 36.4 Å². The largest absolute Gasteiger partial charge is 0.489 e. The van der Waals surface area contributed by atoms with Crippen molar-refractivity contribution in [3.63, 3.8) is 0 Å². The van der Waals surface area contributed by atoms with Crippen LogP contribution in [0.3, 0.4) is 0 Å². The maximum Gasteiger partial charge on any atom is 0.257 e. The number of carbonyl (C=O) groups is 1. The number of thiocarbonyl (C=S) groups is 1. The normalized spacial score (nSPS) is 10.1. The monoisotopic (exact) mass is 421 g/mol. The van der Waals surface area contributed by atoms with E-state index in [-0.39, 0.29) is 11.0 Å². The second kappa shape index (κ2) is 9.32. The van der Waals surface area contributed by atoms with Crippen molar-refractivity contribution in [2.75, 3.05) is 5.32 Å². The molecule has 0 unspecified atom stereocenters. The lowest BCUT2D eigenvalue weighted by Gasteiger charge is -2.10. The fourth-order valence-corrected chi connectivity index (χ4v) is 3.90. The summed E-state index contributed by atoms with van der Waals surface area (Å²) in [6, 6.07) is 18.9. The van der Waals surface area contributed by atoms with E-state index in [4.69, 9.17) is 17.0 Å². The summed E-state index contributed by atoms with van der Waals surface area (Å²) in [5, 5.41) is 15.7. The van der Waals surface area contributed by atoms with Crippen LogP contribution in [0.25, 0.3) is 0 Å². The molecule has 0 spiro atoms. The molecule has 2 aromatic carbocycles. The average Bonchev–Trinajstić information content (AvgIpc) is 2.99. The molecule has 0 fully saturated rings. The average molecular weight is 422 g/mol. The van der Waals surface area contributed by atoms with Crippen molar-refractivity contribution in [3.05, 3.63) is 81.7 Å². The molecule has 3 aromatic rings. The highest BCUT2D eigenvalue weighted by atomic mass is 32.1. The zero-order valence-electron chi connectivity index (χ0n) is 16.0. The van der Waals surface area contributed by atoms with Gasteiger partial charge in [0.15, 0.2) is 5.11 Å². The van der Waals surface area contributed by atoms with E-state index in [2.05, 4.69) is 16.7 Å². The predicted molar refractivity (Wildman–Crippen MR) is 119 cm³/mol. The molecule has 0 saturated carbocycles. The lowest BCUT2D eigenvalue weighted by atomic mass is 10.2. The van der Waals surface area contributed by atoms with Crippen LogP contribution >= 0.6 is 23.6 Å². The van der Waals surface area contributed by atoms with Gasteiger partial charge in [-0.2, -0.15) is 5.26 Å². The molecule has 146 valence electrons. The van der Waals surface area contributed by atoms with Gasteiger partial charge in [-0.25, -0.2) is 0 Å². The second-order valence-electron chi connectivity index (χ2n) is 6.31. The molecule has 29 heavy (non-hydrogen) atoms. The Morgan fingerprint density at radius 3 is 2.66 bits per heavy atom. The smallest absolute Gasteiger partial charge is 0.257 e. The van der Waals surface area contributed by atoms with Crippen molar-refractivity contribution in [2.24, 2.45) is 0 Å². The van der Waals surface area contributed by atoms with Crippen molar-refractivity contribution in [2.45, 2.75) is 20.5 Å². The third kappa shape index (κ3) is 5.19. The molecule has 7 heteroatoms. The van der Waals surface area contributed by atoms with E-state index in [0.29, 0.717) is 28.5 Å². The quantitative estimate of drug-likeness (QED) is 0.571. The summed E-state index contributed by atoms with van der Waals surface area (Å²) in [6.45, 7) is 4.24. The van der Waals surface area contributed by atoms with E-state index in [0.717, 1.165) is 16.0 Å². The Kier molecular flexibility index (Phi) is 6.60. The summed E-state index contributed by atoms with van der Waals surface area (Å²) in [4.78, 5) is 13.6. The number of aryl methyl sites for hydroxylation is 1. The number of hydrogen-bond donors (Lipinski definition) is 2. The van der Waals surface area contributed by atoms with E-state index in [9.17, 15) is 10.1 Å². The summed E-state index contributed by atoms with van der Waals surface area (Å²) < 4.78 is 5.77. The highest BCUT2D eigenvalue weighted by molar-refractivity contribution is 7.80. The molecule has 5 nitrogen and oxygen atoms in total. The van der Waals surface area contributed by atoms with E-state index in [1.165, 1.54) is 11.3 Å². The Hall–Kier alpha value is -3.21. The minimum atomic E-state index is -0.351. The van der Waals surface area contributed by atoms with Gasteiger partial charge in [0.25, 0.3) is 5.91 Å². The third-order valence-corrected chi connectivity index (χ3v) is 5.62. The van der Waals surface area contributed by atoms with Crippen LogP contribution in [-0.2, 0) is 6.61 Å². The minimum Gasteiger partial charge on any atom is -0.489 e. The number of benzene rings is 2. The van der Waals surface area contributed by atoms with Crippen LogP contribution in [-0.4, -0.2) is 11.0 Å². The first-order valence-electron chi connectivity index (χ1n) is 8.87. The van der Waals surface area contributed by atoms with Gasteiger partial charge < -0.3 is 10.1 Å². The van der Waals surface area contributed by atoms with Gasteiger partial charge in [0.2, 0.25) is 0 Å². The molecule has 0 radical (unpaired) electrons. The lowest BCUT2D eigenvalue weighted by Crippen LogP contribution is -2.34. The first-order chi connectivity index (χ1) is 14.0. The van der Waals surface area contributed by atoms with Crippen LogP contribution in [0, 0.1) is 25.2 Å². The number of rotatable bonds is 5. The van der Waals surface area contributed by atoms with E-state index in [1.807, 2.05) is 44.2 Å². The Labute approximate surface area is 179 Å². The van der Waals surface area contributed by atoms with Crippen LogP contribution in [0.5, 0.6) is 5.75 Å². The van der Waals surface area contributed by atoms with Crippen LogP contribution < -0.4 is 15.4 Å². The molecule has 0 bridgehead atoms. The van der Waals surface area contributed by atoms with Gasteiger partial charge in [-0.15, -0.1) is 11.3 Å². The van der Waals surface area contributed by atoms with Gasteiger partial charge in [0.05, 0.1) is 5.56 Å². The number of thiophene rings is 1. The maximum absolute atomic E-state index is 12.5. The van der Waals surface area contributed by atoms with E-state index in [1.54, 1.807) is 24.3 Å². The number of hydrogen-bond acceptors (Lipinski definition) is 5. The van der Waals surface area contributed by atoms with Crippen molar-refractivity contribution < 1.29 is 9.53 Å². The molecule has 1 aromatic heterocycles. The minimum absolute atomic E-state index is 0.142. The Bertz CT molecular complexity index is 1090. The van der Waals surface area contributed by atoms with Gasteiger partial charge in [-0.3, -0.25) is 10.1 Å². The summed E-state index contributed by atoms with van der Waals surface area (Å²) in [6.07, 6.45) is 0. The van der Waals surface area contributed by atoms with Crippen molar-refractivity contribution in [1.29, 1.82) is 5.26 Å². The number of nitrogens with one attached hydrogen (secondary N) is 2. The fraction of sp³-hybridized carbons (Fsp3) is 0.136. The number of ether oxygens (including phenoxy) is 1. The number of nitrogens with zero attached hydrogens (tertiary/aromatic N) is 1. The van der Waals surface area contributed by atoms with Gasteiger partial charge in [0, 0.05) is 10.4 Å². The van der Waals surface area contributed by atoms with Gasteiger partial charge in [-0.05, 0) is 55.4 Å². The van der Waals surface area contributed by atoms with Gasteiger partial charge >= 0.3 is 0 Å².